The highest BCUT2D eigenvalue weighted by atomic mass is 19.4. The summed E-state index contributed by atoms with van der Waals surface area (Å²) in [6.07, 6.45) is -4.30. The van der Waals surface area contributed by atoms with Crippen molar-refractivity contribution >= 4 is 5.69 Å². The summed E-state index contributed by atoms with van der Waals surface area (Å²) in [7, 11) is 1.60. The highest BCUT2D eigenvalue weighted by molar-refractivity contribution is 5.45. The van der Waals surface area contributed by atoms with Crippen LogP contribution in [0.3, 0.4) is 0 Å². The Morgan fingerprint density at radius 1 is 0.905 bits per heavy atom. The van der Waals surface area contributed by atoms with E-state index in [0.29, 0.717) is 45.3 Å². The van der Waals surface area contributed by atoms with Crippen molar-refractivity contribution in [1.82, 2.24) is 0 Å². The summed E-state index contributed by atoms with van der Waals surface area (Å²) in [4.78, 5) is 0. The van der Waals surface area contributed by atoms with E-state index in [1.165, 1.54) is 12.1 Å². The molecule has 0 aromatic heterocycles. The fraction of sp³-hybridized carbons (Fsp3) is 0.571. The van der Waals surface area contributed by atoms with Crippen LogP contribution in [0, 0.1) is 0 Å². The maximum atomic E-state index is 12.4. The number of hydrogen-bond acceptors (Lipinski definition) is 4. The van der Waals surface area contributed by atoms with Gasteiger partial charge in [0.15, 0.2) is 0 Å². The molecule has 0 saturated heterocycles. The Bertz CT molecular complexity index is 382. The second kappa shape index (κ2) is 9.59. The van der Waals surface area contributed by atoms with Gasteiger partial charge in [-0.3, -0.25) is 0 Å². The second-order valence-corrected chi connectivity index (χ2v) is 4.22. The molecule has 0 radical (unpaired) electrons. The molecule has 4 nitrogen and oxygen atoms in total. The van der Waals surface area contributed by atoms with Crippen molar-refractivity contribution in [1.29, 1.82) is 0 Å². The van der Waals surface area contributed by atoms with Crippen LogP contribution >= 0.6 is 0 Å². The van der Waals surface area contributed by atoms with Gasteiger partial charge >= 0.3 is 6.18 Å². The van der Waals surface area contributed by atoms with Gasteiger partial charge < -0.3 is 19.5 Å². The Morgan fingerprint density at radius 3 is 2.05 bits per heavy atom. The summed E-state index contributed by atoms with van der Waals surface area (Å²) in [6.45, 7) is 3.01. The third-order valence-electron chi connectivity index (χ3n) is 2.59. The van der Waals surface area contributed by atoms with Gasteiger partial charge in [0.1, 0.15) is 0 Å². The Balaban J connectivity index is 2.08. The minimum Gasteiger partial charge on any atom is -0.383 e. The van der Waals surface area contributed by atoms with Crippen molar-refractivity contribution in [2.24, 2.45) is 0 Å². The van der Waals surface area contributed by atoms with Crippen molar-refractivity contribution in [2.45, 2.75) is 6.18 Å². The van der Waals surface area contributed by atoms with E-state index < -0.39 is 11.7 Å². The summed E-state index contributed by atoms with van der Waals surface area (Å²) in [5.74, 6) is 0. The van der Waals surface area contributed by atoms with Gasteiger partial charge in [-0.1, -0.05) is 0 Å². The molecular weight excluding hydrogens is 287 g/mol. The predicted molar refractivity (Wildman–Crippen MR) is 73.4 cm³/mol. The number of ether oxygens (including phenoxy) is 3. The van der Waals surface area contributed by atoms with Crippen LogP contribution in [0.2, 0.25) is 0 Å². The molecule has 0 amide bonds. The zero-order valence-corrected chi connectivity index (χ0v) is 11.9. The molecule has 0 aliphatic heterocycles. The van der Waals surface area contributed by atoms with Crippen molar-refractivity contribution in [2.75, 3.05) is 52.0 Å². The van der Waals surface area contributed by atoms with Crippen LogP contribution in [0.1, 0.15) is 5.56 Å². The van der Waals surface area contributed by atoms with Crippen molar-refractivity contribution in [3.63, 3.8) is 0 Å². The number of rotatable bonds is 10. The van der Waals surface area contributed by atoms with Crippen LogP contribution in [0.15, 0.2) is 24.3 Å². The molecule has 0 spiro atoms. The summed E-state index contributed by atoms with van der Waals surface area (Å²) in [5, 5.41) is 2.98. The lowest BCUT2D eigenvalue weighted by atomic mass is 10.2. The van der Waals surface area contributed by atoms with E-state index in [0.717, 1.165) is 12.1 Å². The van der Waals surface area contributed by atoms with Gasteiger partial charge in [0.25, 0.3) is 0 Å². The number of alkyl halides is 3. The average Bonchev–Trinajstić information content (AvgIpc) is 2.45. The summed E-state index contributed by atoms with van der Waals surface area (Å²) < 4.78 is 52.4. The van der Waals surface area contributed by atoms with E-state index in [9.17, 15) is 13.2 Å². The monoisotopic (exact) mass is 307 g/mol. The zero-order chi connectivity index (χ0) is 15.6. The number of halogens is 3. The summed E-state index contributed by atoms with van der Waals surface area (Å²) in [5.41, 5.74) is -0.0274. The van der Waals surface area contributed by atoms with Crippen LogP contribution in [0.5, 0.6) is 0 Å². The standard InChI is InChI=1S/C14H20F3NO3/c1-19-8-9-21-11-10-20-7-6-18-13-4-2-12(3-5-13)14(15,16)17/h2-5,18H,6-11H2,1H3. The first-order valence-electron chi connectivity index (χ1n) is 6.59. The van der Waals surface area contributed by atoms with Crippen LogP contribution in [0.25, 0.3) is 0 Å². The fourth-order valence-electron chi connectivity index (χ4n) is 1.51. The highest BCUT2D eigenvalue weighted by Gasteiger charge is 2.29. The first kappa shape index (κ1) is 17.7. The number of hydrogen-bond donors (Lipinski definition) is 1. The van der Waals surface area contributed by atoms with Gasteiger partial charge in [-0.25, -0.2) is 0 Å². The number of benzene rings is 1. The Hall–Kier alpha value is -1.31. The third-order valence-corrected chi connectivity index (χ3v) is 2.59. The Morgan fingerprint density at radius 2 is 1.48 bits per heavy atom. The number of methoxy groups -OCH3 is 1. The second-order valence-electron chi connectivity index (χ2n) is 4.22. The number of nitrogens with one attached hydrogen (secondary N) is 1. The van der Waals surface area contributed by atoms with Gasteiger partial charge in [0.05, 0.1) is 38.6 Å². The summed E-state index contributed by atoms with van der Waals surface area (Å²) in [6, 6.07) is 4.90. The van der Waals surface area contributed by atoms with Crippen molar-refractivity contribution in [3.8, 4) is 0 Å². The first-order valence-corrected chi connectivity index (χ1v) is 6.59. The lowest BCUT2D eigenvalue weighted by molar-refractivity contribution is -0.137. The lowest BCUT2D eigenvalue weighted by Crippen LogP contribution is -2.13. The molecular formula is C14H20F3NO3. The molecule has 0 bridgehead atoms. The summed E-state index contributed by atoms with van der Waals surface area (Å²) >= 11 is 0. The largest absolute Gasteiger partial charge is 0.416 e. The van der Waals surface area contributed by atoms with Crippen molar-refractivity contribution in [3.05, 3.63) is 29.8 Å². The van der Waals surface area contributed by atoms with Gasteiger partial charge in [-0.15, -0.1) is 0 Å². The third kappa shape index (κ3) is 7.89. The minimum atomic E-state index is -4.30. The molecule has 0 atom stereocenters. The van der Waals surface area contributed by atoms with Crippen LogP contribution in [0.4, 0.5) is 18.9 Å². The van der Waals surface area contributed by atoms with Gasteiger partial charge in [-0.2, -0.15) is 13.2 Å². The van der Waals surface area contributed by atoms with Crippen LogP contribution in [-0.2, 0) is 20.4 Å². The van der Waals surface area contributed by atoms with E-state index in [-0.39, 0.29) is 0 Å². The molecule has 1 N–H and O–H groups in total. The lowest BCUT2D eigenvalue weighted by Gasteiger charge is -2.10. The van der Waals surface area contributed by atoms with E-state index in [1.807, 2.05) is 0 Å². The topological polar surface area (TPSA) is 39.7 Å². The molecule has 0 unspecified atom stereocenters. The molecule has 7 heteroatoms. The molecule has 0 saturated carbocycles. The van der Waals surface area contributed by atoms with Crippen LogP contribution in [-0.4, -0.2) is 46.7 Å². The average molecular weight is 307 g/mol. The molecule has 1 rings (SSSR count). The van der Waals surface area contributed by atoms with Crippen molar-refractivity contribution < 1.29 is 27.4 Å². The maximum Gasteiger partial charge on any atom is 0.416 e. The number of anilines is 1. The van der Waals surface area contributed by atoms with E-state index in [1.54, 1.807) is 7.11 Å². The maximum absolute atomic E-state index is 12.4. The normalized spacial score (nSPS) is 11.6. The molecule has 0 aliphatic rings. The van der Waals surface area contributed by atoms with E-state index in [2.05, 4.69) is 5.32 Å². The molecule has 1 aromatic carbocycles. The van der Waals surface area contributed by atoms with Gasteiger partial charge in [-0.05, 0) is 24.3 Å². The molecule has 0 aliphatic carbocycles. The van der Waals surface area contributed by atoms with E-state index >= 15 is 0 Å². The molecule has 0 fully saturated rings. The smallest absolute Gasteiger partial charge is 0.383 e. The SMILES string of the molecule is COCCOCCOCCNc1ccc(C(F)(F)F)cc1. The molecule has 120 valence electrons. The fourth-order valence-corrected chi connectivity index (χ4v) is 1.51. The molecule has 0 heterocycles. The Labute approximate surface area is 122 Å². The first-order chi connectivity index (χ1) is 10.0. The quantitative estimate of drug-likeness (QED) is 0.675. The minimum absolute atomic E-state index is 0.453. The van der Waals surface area contributed by atoms with E-state index in [4.69, 9.17) is 14.2 Å². The molecule has 1 aromatic rings. The predicted octanol–water partition coefficient (Wildman–Crippen LogP) is 2.80. The zero-order valence-electron chi connectivity index (χ0n) is 11.9. The molecule has 21 heavy (non-hydrogen) atoms. The van der Waals surface area contributed by atoms with Crippen LogP contribution < -0.4 is 5.32 Å². The van der Waals surface area contributed by atoms with Gasteiger partial charge in [0.2, 0.25) is 0 Å². The Kier molecular flexibility index (Phi) is 8.11. The van der Waals surface area contributed by atoms with Gasteiger partial charge in [0, 0.05) is 19.3 Å². The highest BCUT2D eigenvalue weighted by Crippen LogP contribution is 2.29.